The molecular formula is C24H23N3O2. The van der Waals surface area contributed by atoms with E-state index in [1.165, 1.54) is 0 Å². The van der Waals surface area contributed by atoms with Crippen molar-refractivity contribution in [1.29, 1.82) is 0 Å². The third kappa shape index (κ3) is 4.46. The molecule has 0 bridgehead atoms. The van der Waals surface area contributed by atoms with Crippen LogP contribution in [0, 0.1) is 0 Å². The molecule has 0 aliphatic heterocycles. The molecule has 1 aromatic heterocycles. The summed E-state index contributed by atoms with van der Waals surface area (Å²) in [5.74, 6) is 0.830. The van der Waals surface area contributed by atoms with Gasteiger partial charge in [-0.15, -0.1) is 0 Å². The highest BCUT2D eigenvalue weighted by Gasteiger charge is 2.17. The summed E-state index contributed by atoms with van der Waals surface area (Å²) in [5, 5.41) is 3.20. The number of methoxy groups -OCH3 is 1. The molecule has 1 unspecified atom stereocenters. The van der Waals surface area contributed by atoms with E-state index in [1.54, 1.807) is 13.4 Å². The monoisotopic (exact) mass is 385 g/mol. The zero-order chi connectivity index (χ0) is 20.1. The number of aromatic amines is 1. The number of hydrogen-bond donors (Lipinski definition) is 2. The number of benzene rings is 3. The number of hydrogen-bond acceptors (Lipinski definition) is 3. The highest BCUT2D eigenvalue weighted by molar-refractivity contribution is 5.79. The molecule has 5 nitrogen and oxygen atoms in total. The van der Waals surface area contributed by atoms with Crippen LogP contribution in [0.15, 0.2) is 79.1 Å². The molecule has 0 saturated carbocycles. The van der Waals surface area contributed by atoms with Crippen LogP contribution in [-0.2, 0) is 11.2 Å². The van der Waals surface area contributed by atoms with Crippen molar-refractivity contribution in [2.45, 2.75) is 18.9 Å². The lowest BCUT2D eigenvalue weighted by molar-refractivity contribution is -0.121. The molecule has 0 spiro atoms. The summed E-state index contributed by atoms with van der Waals surface area (Å²) in [6, 6.07) is 23.7. The van der Waals surface area contributed by atoms with Gasteiger partial charge in [-0.2, -0.15) is 0 Å². The summed E-state index contributed by atoms with van der Waals surface area (Å²) in [6.07, 6.45) is 2.78. The first-order valence-electron chi connectivity index (χ1n) is 9.63. The van der Waals surface area contributed by atoms with Crippen molar-refractivity contribution in [2.75, 3.05) is 7.11 Å². The molecule has 1 amide bonds. The fraction of sp³-hybridized carbons (Fsp3) is 0.167. The Bertz CT molecular complexity index is 1090. The third-order valence-electron chi connectivity index (χ3n) is 5.02. The second kappa shape index (κ2) is 8.61. The molecular weight excluding hydrogens is 362 g/mol. The molecule has 1 atom stereocenters. The number of ether oxygens (including phenoxy) is 1. The number of carbonyl (C=O) groups excluding carboxylic acids is 1. The molecule has 0 aliphatic rings. The van der Waals surface area contributed by atoms with E-state index in [0.29, 0.717) is 12.8 Å². The third-order valence-corrected chi connectivity index (χ3v) is 5.02. The van der Waals surface area contributed by atoms with Crippen LogP contribution in [-0.4, -0.2) is 23.0 Å². The fourth-order valence-corrected chi connectivity index (χ4v) is 3.42. The SMILES string of the molecule is COc1ccc(CCC(=O)NC(c2ccccc2)c2ccc3nc[nH]c3c2)cc1. The van der Waals surface area contributed by atoms with Gasteiger partial charge in [-0.1, -0.05) is 48.5 Å². The quantitative estimate of drug-likeness (QED) is 0.495. The van der Waals surface area contributed by atoms with Crippen LogP contribution in [0.3, 0.4) is 0 Å². The first kappa shape index (κ1) is 18.7. The molecule has 2 N–H and O–H groups in total. The average molecular weight is 385 g/mol. The Hall–Kier alpha value is -3.60. The maximum Gasteiger partial charge on any atom is 0.221 e. The summed E-state index contributed by atoms with van der Waals surface area (Å²) in [7, 11) is 1.65. The number of imidazole rings is 1. The smallest absolute Gasteiger partial charge is 0.221 e. The molecule has 0 fully saturated rings. The van der Waals surface area contributed by atoms with E-state index in [2.05, 4.69) is 15.3 Å². The number of aromatic nitrogens is 2. The number of aryl methyl sites for hydroxylation is 1. The predicted octanol–water partition coefficient (Wildman–Crippen LogP) is 4.41. The largest absolute Gasteiger partial charge is 0.497 e. The zero-order valence-electron chi connectivity index (χ0n) is 16.3. The van der Waals surface area contributed by atoms with Gasteiger partial charge in [0, 0.05) is 6.42 Å². The second-order valence-electron chi connectivity index (χ2n) is 6.94. The van der Waals surface area contributed by atoms with Crippen molar-refractivity contribution in [3.63, 3.8) is 0 Å². The molecule has 0 saturated heterocycles. The molecule has 4 rings (SSSR count). The first-order chi connectivity index (χ1) is 14.2. The van der Waals surface area contributed by atoms with E-state index in [0.717, 1.165) is 33.5 Å². The lowest BCUT2D eigenvalue weighted by Gasteiger charge is -2.20. The van der Waals surface area contributed by atoms with Gasteiger partial charge >= 0.3 is 0 Å². The van der Waals surface area contributed by atoms with Crippen molar-refractivity contribution < 1.29 is 9.53 Å². The normalized spacial score (nSPS) is 11.9. The van der Waals surface area contributed by atoms with E-state index >= 15 is 0 Å². The Morgan fingerprint density at radius 2 is 1.83 bits per heavy atom. The molecule has 3 aromatic carbocycles. The molecule has 0 radical (unpaired) electrons. The number of H-pyrrole nitrogens is 1. The summed E-state index contributed by atoms with van der Waals surface area (Å²) < 4.78 is 5.18. The second-order valence-corrected chi connectivity index (χ2v) is 6.94. The minimum absolute atomic E-state index is 0.0133. The highest BCUT2D eigenvalue weighted by Crippen LogP contribution is 2.25. The van der Waals surface area contributed by atoms with Gasteiger partial charge in [0.25, 0.3) is 0 Å². The minimum atomic E-state index is -0.215. The molecule has 4 aromatic rings. The Morgan fingerprint density at radius 1 is 1.03 bits per heavy atom. The number of nitrogens with one attached hydrogen (secondary N) is 2. The summed E-state index contributed by atoms with van der Waals surface area (Å²) in [4.78, 5) is 20.2. The average Bonchev–Trinajstić information content (AvgIpc) is 3.25. The van der Waals surface area contributed by atoms with Crippen molar-refractivity contribution in [1.82, 2.24) is 15.3 Å². The Balaban J connectivity index is 1.51. The van der Waals surface area contributed by atoms with Gasteiger partial charge in [0.05, 0.1) is 30.5 Å². The molecule has 146 valence electrons. The van der Waals surface area contributed by atoms with Crippen LogP contribution in [0.2, 0.25) is 0 Å². The van der Waals surface area contributed by atoms with Crippen molar-refractivity contribution in [3.8, 4) is 5.75 Å². The van der Waals surface area contributed by atoms with Gasteiger partial charge in [0.15, 0.2) is 0 Å². The number of carbonyl (C=O) groups is 1. The van der Waals surface area contributed by atoms with Crippen LogP contribution >= 0.6 is 0 Å². The Labute approximate surface area is 169 Å². The van der Waals surface area contributed by atoms with Crippen LogP contribution in [0.5, 0.6) is 5.75 Å². The number of nitrogens with zero attached hydrogens (tertiary/aromatic N) is 1. The zero-order valence-corrected chi connectivity index (χ0v) is 16.3. The summed E-state index contributed by atoms with van der Waals surface area (Å²) in [6.45, 7) is 0. The van der Waals surface area contributed by atoms with Gasteiger partial charge in [-0.25, -0.2) is 4.98 Å². The Morgan fingerprint density at radius 3 is 2.59 bits per heavy atom. The van der Waals surface area contributed by atoms with Gasteiger partial charge < -0.3 is 15.0 Å². The predicted molar refractivity (Wildman–Crippen MR) is 114 cm³/mol. The standard InChI is InChI=1S/C24H23N3O2/c1-29-20-11-7-17(8-12-20)9-14-23(28)27-24(18-5-3-2-4-6-18)19-10-13-21-22(15-19)26-16-25-21/h2-8,10-13,15-16,24H,9,14H2,1H3,(H,25,26)(H,27,28). The molecule has 1 heterocycles. The topological polar surface area (TPSA) is 67.0 Å². The Kier molecular flexibility index (Phi) is 5.56. The van der Waals surface area contributed by atoms with Crippen LogP contribution in [0.25, 0.3) is 11.0 Å². The maximum absolute atomic E-state index is 12.8. The first-order valence-corrected chi connectivity index (χ1v) is 9.63. The number of amides is 1. The van der Waals surface area contributed by atoms with Crippen molar-refractivity contribution in [3.05, 3.63) is 95.8 Å². The van der Waals surface area contributed by atoms with E-state index in [1.807, 2.05) is 72.8 Å². The van der Waals surface area contributed by atoms with Crippen LogP contribution in [0.1, 0.15) is 29.2 Å². The highest BCUT2D eigenvalue weighted by atomic mass is 16.5. The van der Waals surface area contributed by atoms with Gasteiger partial charge in [0.2, 0.25) is 5.91 Å². The van der Waals surface area contributed by atoms with Gasteiger partial charge in [0.1, 0.15) is 5.75 Å². The van der Waals surface area contributed by atoms with Crippen molar-refractivity contribution in [2.24, 2.45) is 0 Å². The van der Waals surface area contributed by atoms with Gasteiger partial charge in [-0.3, -0.25) is 4.79 Å². The van der Waals surface area contributed by atoms with Crippen LogP contribution in [0.4, 0.5) is 0 Å². The van der Waals surface area contributed by atoms with Crippen LogP contribution < -0.4 is 10.1 Å². The van der Waals surface area contributed by atoms with E-state index in [9.17, 15) is 4.79 Å². The van der Waals surface area contributed by atoms with Gasteiger partial charge in [-0.05, 0) is 47.4 Å². The number of fused-ring (bicyclic) bond motifs is 1. The van der Waals surface area contributed by atoms with Crippen molar-refractivity contribution >= 4 is 16.9 Å². The summed E-state index contributed by atoms with van der Waals surface area (Å²) in [5.41, 5.74) is 5.04. The molecule has 0 aliphatic carbocycles. The maximum atomic E-state index is 12.8. The molecule has 29 heavy (non-hydrogen) atoms. The molecule has 5 heteroatoms. The lowest BCUT2D eigenvalue weighted by atomic mass is 9.97. The summed E-state index contributed by atoms with van der Waals surface area (Å²) >= 11 is 0. The number of rotatable bonds is 7. The lowest BCUT2D eigenvalue weighted by Crippen LogP contribution is -2.29. The fourth-order valence-electron chi connectivity index (χ4n) is 3.42. The van der Waals surface area contributed by atoms with E-state index in [4.69, 9.17) is 4.74 Å². The van der Waals surface area contributed by atoms with E-state index in [-0.39, 0.29) is 11.9 Å². The van der Waals surface area contributed by atoms with E-state index < -0.39 is 0 Å². The minimum Gasteiger partial charge on any atom is -0.497 e.